The number of hydrogen-bond donors (Lipinski definition) is 1. The molecule has 1 rings (SSSR count). The van der Waals surface area contributed by atoms with Crippen molar-refractivity contribution in [1.29, 1.82) is 0 Å². The fourth-order valence-electron chi connectivity index (χ4n) is 1.05. The van der Waals surface area contributed by atoms with E-state index in [0.717, 1.165) is 5.56 Å². The Labute approximate surface area is 89.1 Å². The molecule has 0 bridgehead atoms. The van der Waals surface area contributed by atoms with Crippen molar-refractivity contribution in [3.63, 3.8) is 0 Å². The zero-order valence-corrected chi connectivity index (χ0v) is 9.08. The van der Waals surface area contributed by atoms with E-state index in [0.29, 0.717) is 11.0 Å². The van der Waals surface area contributed by atoms with Crippen molar-refractivity contribution in [2.75, 3.05) is 7.11 Å². The van der Waals surface area contributed by atoms with Crippen LogP contribution in [0.4, 0.5) is 5.69 Å². The van der Waals surface area contributed by atoms with E-state index in [1.807, 2.05) is 0 Å². The molecule has 0 spiro atoms. The van der Waals surface area contributed by atoms with Crippen LogP contribution >= 0.6 is 15.9 Å². The molecule has 1 aromatic rings. The highest BCUT2D eigenvalue weighted by Gasteiger charge is 2.17. The number of methoxy groups -OCH3 is 1. The second kappa shape index (κ2) is 4.39. The Bertz CT molecular complexity index is 368. The predicted octanol–water partition coefficient (Wildman–Crippen LogP) is 1.82. The van der Waals surface area contributed by atoms with Gasteiger partial charge in [0, 0.05) is 17.1 Å². The molecule has 0 heterocycles. The van der Waals surface area contributed by atoms with Crippen molar-refractivity contribution in [3.8, 4) is 5.75 Å². The minimum atomic E-state index is -0.496. The van der Waals surface area contributed by atoms with Gasteiger partial charge in [0.1, 0.15) is 0 Å². The highest BCUT2D eigenvalue weighted by molar-refractivity contribution is 9.10. The first kappa shape index (κ1) is 10.9. The number of nitro groups is 1. The van der Waals surface area contributed by atoms with Gasteiger partial charge in [-0.25, -0.2) is 0 Å². The molecule has 0 amide bonds. The lowest BCUT2D eigenvalue weighted by atomic mass is 10.2. The third kappa shape index (κ3) is 2.02. The first-order valence-electron chi connectivity index (χ1n) is 3.81. The molecule has 0 atom stereocenters. The van der Waals surface area contributed by atoms with Crippen LogP contribution in [-0.4, -0.2) is 12.0 Å². The summed E-state index contributed by atoms with van der Waals surface area (Å²) in [4.78, 5) is 10.1. The number of benzene rings is 1. The Morgan fingerprint density at radius 1 is 1.64 bits per heavy atom. The van der Waals surface area contributed by atoms with Crippen molar-refractivity contribution in [3.05, 3.63) is 32.3 Å². The second-order valence-corrected chi connectivity index (χ2v) is 3.43. The van der Waals surface area contributed by atoms with E-state index < -0.39 is 4.92 Å². The molecule has 0 aliphatic rings. The van der Waals surface area contributed by atoms with E-state index >= 15 is 0 Å². The SMILES string of the molecule is COc1cc(CN)c(Br)cc1[N+](=O)[O-]. The van der Waals surface area contributed by atoms with E-state index in [-0.39, 0.29) is 11.4 Å². The van der Waals surface area contributed by atoms with E-state index in [9.17, 15) is 10.1 Å². The van der Waals surface area contributed by atoms with Gasteiger partial charge in [0.05, 0.1) is 12.0 Å². The molecule has 76 valence electrons. The summed E-state index contributed by atoms with van der Waals surface area (Å²) >= 11 is 3.20. The van der Waals surface area contributed by atoms with Gasteiger partial charge in [-0.05, 0) is 11.6 Å². The van der Waals surface area contributed by atoms with Crippen molar-refractivity contribution < 1.29 is 9.66 Å². The third-order valence-electron chi connectivity index (χ3n) is 1.76. The van der Waals surface area contributed by atoms with Gasteiger partial charge in [-0.3, -0.25) is 10.1 Å². The molecule has 0 aliphatic heterocycles. The smallest absolute Gasteiger partial charge is 0.312 e. The molecule has 0 aliphatic carbocycles. The molecule has 2 N–H and O–H groups in total. The van der Waals surface area contributed by atoms with Crippen molar-refractivity contribution in [2.45, 2.75) is 6.54 Å². The van der Waals surface area contributed by atoms with Crippen LogP contribution in [0.2, 0.25) is 0 Å². The van der Waals surface area contributed by atoms with Gasteiger partial charge in [-0.2, -0.15) is 0 Å². The lowest BCUT2D eigenvalue weighted by molar-refractivity contribution is -0.385. The Kier molecular flexibility index (Phi) is 3.43. The summed E-state index contributed by atoms with van der Waals surface area (Å²) < 4.78 is 5.50. The third-order valence-corrected chi connectivity index (χ3v) is 2.50. The number of hydrogen-bond acceptors (Lipinski definition) is 4. The monoisotopic (exact) mass is 260 g/mol. The van der Waals surface area contributed by atoms with Gasteiger partial charge < -0.3 is 10.5 Å². The fraction of sp³-hybridized carbons (Fsp3) is 0.250. The van der Waals surface area contributed by atoms with Gasteiger partial charge >= 0.3 is 5.69 Å². The minimum Gasteiger partial charge on any atom is -0.490 e. The quantitative estimate of drug-likeness (QED) is 0.664. The maximum Gasteiger partial charge on any atom is 0.312 e. The number of nitrogens with two attached hydrogens (primary N) is 1. The number of nitrogens with zero attached hydrogens (tertiary/aromatic N) is 1. The molecule has 0 saturated carbocycles. The Balaban J connectivity index is 3.31. The van der Waals surface area contributed by atoms with E-state index in [4.69, 9.17) is 10.5 Å². The van der Waals surface area contributed by atoms with Crippen LogP contribution in [0.5, 0.6) is 5.75 Å². The minimum absolute atomic E-state index is 0.0726. The molecule has 6 heteroatoms. The first-order chi connectivity index (χ1) is 6.60. The summed E-state index contributed by atoms with van der Waals surface area (Å²) in [6, 6.07) is 2.95. The summed E-state index contributed by atoms with van der Waals surface area (Å²) in [6.07, 6.45) is 0. The maximum atomic E-state index is 10.6. The van der Waals surface area contributed by atoms with Crippen LogP contribution < -0.4 is 10.5 Å². The van der Waals surface area contributed by atoms with Crippen LogP contribution in [0.1, 0.15) is 5.56 Å². The van der Waals surface area contributed by atoms with Gasteiger partial charge in [0.15, 0.2) is 5.75 Å². The number of rotatable bonds is 3. The van der Waals surface area contributed by atoms with Gasteiger partial charge in [0.25, 0.3) is 0 Å². The molecule has 0 unspecified atom stereocenters. The standard InChI is InChI=1S/C8H9BrN2O3/c1-14-8-2-5(4-10)6(9)3-7(8)11(12)13/h2-3H,4,10H2,1H3. The molecular formula is C8H9BrN2O3. The van der Waals surface area contributed by atoms with Gasteiger partial charge in [-0.15, -0.1) is 0 Å². The number of ether oxygens (including phenoxy) is 1. The molecule has 0 fully saturated rings. The lowest BCUT2D eigenvalue weighted by Crippen LogP contribution is -2.00. The molecule has 0 radical (unpaired) electrons. The Morgan fingerprint density at radius 3 is 2.71 bits per heavy atom. The van der Waals surface area contributed by atoms with Gasteiger partial charge in [-0.1, -0.05) is 15.9 Å². The topological polar surface area (TPSA) is 78.4 Å². The zero-order valence-electron chi connectivity index (χ0n) is 7.49. The summed E-state index contributed by atoms with van der Waals surface area (Å²) in [5.74, 6) is 0.221. The maximum absolute atomic E-state index is 10.6. The van der Waals surface area contributed by atoms with Crippen molar-refractivity contribution in [1.82, 2.24) is 0 Å². The van der Waals surface area contributed by atoms with Crippen LogP contribution in [-0.2, 0) is 6.54 Å². The molecule has 0 aromatic heterocycles. The van der Waals surface area contributed by atoms with Crippen LogP contribution in [0.15, 0.2) is 16.6 Å². The molecule has 14 heavy (non-hydrogen) atoms. The molecular weight excluding hydrogens is 252 g/mol. The highest BCUT2D eigenvalue weighted by atomic mass is 79.9. The van der Waals surface area contributed by atoms with Crippen LogP contribution in [0, 0.1) is 10.1 Å². The number of nitro benzene ring substituents is 1. The largest absolute Gasteiger partial charge is 0.490 e. The summed E-state index contributed by atoms with van der Waals surface area (Å²) in [5.41, 5.74) is 6.14. The molecule has 0 saturated heterocycles. The van der Waals surface area contributed by atoms with Gasteiger partial charge in [0.2, 0.25) is 0 Å². The molecule has 1 aromatic carbocycles. The summed E-state index contributed by atoms with van der Waals surface area (Å²) in [7, 11) is 1.39. The van der Waals surface area contributed by atoms with E-state index in [2.05, 4.69) is 15.9 Å². The lowest BCUT2D eigenvalue weighted by Gasteiger charge is -2.05. The van der Waals surface area contributed by atoms with Crippen molar-refractivity contribution in [2.24, 2.45) is 5.73 Å². The average Bonchev–Trinajstić information content (AvgIpc) is 2.17. The number of halogens is 1. The Morgan fingerprint density at radius 2 is 2.29 bits per heavy atom. The van der Waals surface area contributed by atoms with Crippen LogP contribution in [0.3, 0.4) is 0 Å². The predicted molar refractivity (Wildman–Crippen MR) is 55.2 cm³/mol. The fourth-order valence-corrected chi connectivity index (χ4v) is 1.54. The van der Waals surface area contributed by atoms with E-state index in [1.54, 1.807) is 6.07 Å². The zero-order chi connectivity index (χ0) is 10.7. The average molecular weight is 261 g/mol. The highest BCUT2D eigenvalue weighted by Crippen LogP contribution is 2.32. The summed E-state index contributed by atoms with van der Waals surface area (Å²) in [5, 5.41) is 10.6. The van der Waals surface area contributed by atoms with Crippen molar-refractivity contribution >= 4 is 21.6 Å². The normalized spacial score (nSPS) is 9.93. The molecule has 5 nitrogen and oxygen atoms in total. The van der Waals surface area contributed by atoms with E-state index in [1.165, 1.54) is 13.2 Å². The van der Waals surface area contributed by atoms with Crippen LogP contribution in [0.25, 0.3) is 0 Å². The second-order valence-electron chi connectivity index (χ2n) is 2.58. The Hall–Kier alpha value is -1.14. The first-order valence-corrected chi connectivity index (χ1v) is 4.60. The summed E-state index contributed by atoms with van der Waals surface area (Å²) in [6.45, 7) is 0.301.